The molecule has 0 radical (unpaired) electrons. The SMILES string of the molecule is CCCCCCCCCCC/C=C\CCCCCCCCCC(=O)NC(COC1OC(CO)C(O)C(O)C1O)C(O)CCCCCCCCCCCCCCCCCCCCCCCCCC. The molecule has 1 rings (SSSR count). The van der Waals surface area contributed by atoms with Crippen molar-refractivity contribution in [3.63, 3.8) is 0 Å². The van der Waals surface area contributed by atoms with Crippen molar-refractivity contribution in [3.05, 3.63) is 12.2 Å². The van der Waals surface area contributed by atoms with Crippen LogP contribution >= 0.6 is 0 Å². The van der Waals surface area contributed by atoms with Crippen molar-refractivity contribution in [2.24, 2.45) is 0 Å². The molecule has 9 heteroatoms. The van der Waals surface area contributed by atoms with Crippen LogP contribution in [-0.4, -0.2) is 87.5 Å². The molecule has 0 aromatic rings. The summed E-state index contributed by atoms with van der Waals surface area (Å²) >= 11 is 0. The highest BCUT2D eigenvalue weighted by Crippen LogP contribution is 2.23. The monoisotopic (exact) mass is 952 g/mol. The molecule has 0 aliphatic carbocycles. The summed E-state index contributed by atoms with van der Waals surface area (Å²) in [6, 6.07) is -0.719. The first kappa shape index (κ1) is 63.9. The zero-order valence-corrected chi connectivity index (χ0v) is 44.2. The van der Waals surface area contributed by atoms with Gasteiger partial charge in [-0.15, -0.1) is 0 Å². The minimum atomic E-state index is -1.55. The van der Waals surface area contributed by atoms with Gasteiger partial charge in [0.15, 0.2) is 6.29 Å². The molecule has 398 valence electrons. The number of carbonyl (C=O) groups excluding carboxylic acids is 1. The Bertz CT molecular complexity index is 1060. The molecule has 1 aliphatic heterocycles. The van der Waals surface area contributed by atoms with Gasteiger partial charge in [-0.3, -0.25) is 4.79 Å². The molecule has 7 atom stereocenters. The van der Waals surface area contributed by atoms with Gasteiger partial charge >= 0.3 is 0 Å². The molecular weight excluding hydrogens is 839 g/mol. The molecule has 7 unspecified atom stereocenters. The van der Waals surface area contributed by atoms with Crippen molar-refractivity contribution in [1.82, 2.24) is 5.32 Å². The summed E-state index contributed by atoms with van der Waals surface area (Å²) in [7, 11) is 0. The number of amides is 1. The highest BCUT2D eigenvalue weighted by atomic mass is 16.7. The van der Waals surface area contributed by atoms with Gasteiger partial charge in [-0.25, -0.2) is 0 Å². The van der Waals surface area contributed by atoms with E-state index in [2.05, 4.69) is 31.3 Å². The normalized spacial score (nSPS) is 19.7. The quantitative estimate of drug-likeness (QED) is 0.0261. The van der Waals surface area contributed by atoms with Gasteiger partial charge in [0.25, 0.3) is 0 Å². The topological polar surface area (TPSA) is 149 Å². The number of unbranched alkanes of at least 4 members (excludes halogenated alkanes) is 39. The number of hydrogen-bond acceptors (Lipinski definition) is 8. The number of aliphatic hydroxyl groups is 5. The summed E-state index contributed by atoms with van der Waals surface area (Å²) < 4.78 is 11.3. The predicted molar refractivity (Wildman–Crippen MR) is 281 cm³/mol. The number of aliphatic hydroxyl groups excluding tert-OH is 5. The summed E-state index contributed by atoms with van der Waals surface area (Å²) in [5.74, 6) is -0.143. The number of rotatable bonds is 51. The fraction of sp³-hybridized carbons (Fsp3) is 0.948. The van der Waals surface area contributed by atoms with Crippen LogP contribution < -0.4 is 5.32 Å². The second kappa shape index (κ2) is 48.6. The van der Waals surface area contributed by atoms with Gasteiger partial charge < -0.3 is 40.3 Å². The van der Waals surface area contributed by atoms with Crippen LogP contribution in [0.1, 0.15) is 296 Å². The standard InChI is InChI=1S/C58H113NO8/c1-3-5-7-9-11-13-15-17-19-21-23-25-26-27-28-29-31-33-35-37-39-41-43-45-47-52(61)51(50-66-58-57(65)56(64)55(63)53(49-60)67-58)59-54(62)48-46-44-42-40-38-36-34-32-30-24-22-20-18-16-14-12-10-8-6-4-2/h24,30,51-53,55-58,60-61,63-65H,3-23,25-29,31-50H2,1-2H3,(H,59,62)/b30-24-. The number of nitrogens with one attached hydrogen (secondary N) is 1. The van der Waals surface area contributed by atoms with Gasteiger partial charge in [-0.2, -0.15) is 0 Å². The molecule has 0 saturated carbocycles. The van der Waals surface area contributed by atoms with Crippen molar-refractivity contribution in [2.45, 2.75) is 339 Å². The predicted octanol–water partition coefficient (Wildman–Crippen LogP) is 14.4. The maximum atomic E-state index is 13.1. The Morgan fingerprint density at radius 1 is 0.493 bits per heavy atom. The van der Waals surface area contributed by atoms with E-state index >= 15 is 0 Å². The van der Waals surface area contributed by atoms with Crippen LogP contribution in [0.3, 0.4) is 0 Å². The Morgan fingerprint density at radius 3 is 1.21 bits per heavy atom. The van der Waals surface area contributed by atoms with Crippen LogP contribution in [0, 0.1) is 0 Å². The first-order chi connectivity index (χ1) is 32.8. The highest BCUT2D eigenvalue weighted by Gasteiger charge is 2.44. The molecule has 0 spiro atoms. The van der Waals surface area contributed by atoms with E-state index in [-0.39, 0.29) is 12.5 Å². The van der Waals surface area contributed by atoms with E-state index in [1.165, 1.54) is 231 Å². The second-order valence-corrected chi connectivity index (χ2v) is 20.8. The van der Waals surface area contributed by atoms with Crippen molar-refractivity contribution in [1.29, 1.82) is 0 Å². The van der Waals surface area contributed by atoms with Crippen LogP contribution in [-0.2, 0) is 14.3 Å². The van der Waals surface area contributed by atoms with Gasteiger partial charge in [0.1, 0.15) is 24.4 Å². The molecule has 6 N–H and O–H groups in total. The highest BCUT2D eigenvalue weighted by molar-refractivity contribution is 5.76. The summed E-state index contributed by atoms with van der Waals surface area (Å²) in [4.78, 5) is 13.1. The van der Waals surface area contributed by atoms with Crippen LogP contribution in [0.4, 0.5) is 0 Å². The van der Waals surface area contributed by atoms with E-state index in [9.17, 15) is 30.3 Å². The lowest BCUT2D eigenvalue weighted by Crippen LogP contribution is -2.60. The average molecular weight is 953 g/mol. The molecule has 1 amide bonds. The van der Waals surface area contributed by atoms with Crippen molar-refractivity contribution < 1.29 is 39.8 Å². The van der Waals surface area contributed by atoms with Crippen molar-refractivity contribution in [2.75, 3.05) is 13.2 Å². The Balaban J connectivity index is 2.20. The van der Waals surface area contributed by atoms with Crippen molar-refractivity contribution >= 4 is 5.91 Å². The average Bonchev–Trinajstić information content (AvgIpc) is 3.33. The van der Waals surface area contributed by atoms with Gasteiger partial charge in [-0.05, 0) is 38.5 Å². The number of hydrogen-bond donors (Lipinski definition) is 6. The van der Waals surface area contributed by atoms with E-state index in [0.29, 0.717) is 12.8 Å². The minimum Gasteiger partial charge on any atom is -0.394 e. The maximum absolute atomic E-state index is 13.1. The van der Waals surface area contributed by atoms with Crippen molar-refractivity contribution in [3.8, 4) is 0 Å². The van der Waals surface area contributed by atoms with Crippen LogP contribution in [0.25, 0.3) is 0 Å². The third-order valence-electron chi connectivity index (χ3n) is 14.4. The first-order valence-corrected chi connectivity index (χ1v) is 29.4. The van der Waals surface area contributed by atoms with Gasteiger partial charge in [0.2, 0.25) is 5.91 Å². The van der Waals surface area contributed by atoms with E-state index in [1.54, 1.807) is 0 Å². The summed E-state index contributed by atoms with van der Waals surface area (Å²) in [5.41, 5.74) is 0. The largest absolute Gasteiger partial charge is 0.394 e. The number of allylic oxidation sites excluding steroid dienone is 2. The van der Waals surface area contributed by atoms with E-state index in [1.807, 2.05) is 0 Å². The van der Waals surface area contributed by atoms with E-state index < -0.39 is 49.5 Å². The molecule has 1 heterocycles. The second-order valence-electron chi connectivity index (χ2n) is 20.8. The Hall–Kier alpha value is -1.07. The Kier molecular flexibility index (Phi) is 46.3. The maximum Gasteiger partial charge on any atom is 0.220 e. The summed E-state index contributed by atoms with van der Waals surface area (Å²) in [5, 5.41) is 54.7. The summed E-state index contributed by atoms with van der Waals surface area (Å²) in [6.07, 6.45) is 52.4. The van der Waals surface area contributed by atoms with Gasteiger partial charge in [-0.1, -0.05) is 264 Å². The Morgan fingerprint density at radius 2 is 0.836 bits per heavy atom. The summed E-state index contributed by atoms with van der Waals surface area (Å²) in [6.45, 7) is 3.88. The van der Waals surface area contributed by atoms with Crippen LogP contribution in [0.2, 0.25) is 0 Å². The van der Waals surface area contributed by atoms with Crippen LogP contribution in [0.15, 0.2) is 12.2 Å². The molecule has 0 aromatic heterocycles. The smallest absolute Gasteiger partial charge is 0.220 e. The molecule has 1 saturated heterocycles. The van der Waals surface area contributed by atoms with Gasteiger partial charge in [0, 0.05) is 6.42 Å². The Labute approximate surface area is 414 Å². The number of carbonyl (C=O) groups is 1. The third-order valence-corrected chi connectivity index (χ3v) is 14.4. The zero-order valence-electron chi connectivity index (χ0n) is 44.2. The molecule has 9 nitrogen and oxygen atoms in total. The minimum absolute atomic E-state index is 0.135. The third kappa shape index (κ3) is 38.3. The number of ether oxygens (including phenoxy) is 2. The van der Waals surface area contributed by atoms with Gasteiger partial charge in [0.05, 0.1) is 25.4 Å². The fourth-order valence-corrected chi connectivity index (χ4v) is 9.69. The zero-order chi connectivity index (χ0) is 48.7. The van der Waals surface area contributed by atoms with Crippen LogP contribution in [0.5, 0.6) is 0 Å². The molecule has 1 fully saturated rings. The molecule has 0 aromatic carbocycles. The molecule has 67 heavy (non-hydrogen) atoms. The fourth-order valence-electron chi connectivity index (χ4n) is 9.69. The molecule has 0 bridgehead atoms. The first-order valence-electron chi connectivity index (χ1n) is 29.4. The van der Waals surface area contributed by atoms with E-state index in [4.69, 9.17) is 9.47 Å². The molecule has 1 aliphatic rings. The van der Waals surface area contributed by atoms with E-state index in [0.717, 1.165) is 38.5 Å². The molecular formula is C58H113NO8. The lowest BCUT2D eigenvalue weighted by molar-refractivity contribution is -0.302. The lowest BCUT2D eigenvalue weighted by Gasteiger charge is -2.40. The lowest BCUT2D eigenvalue weighted by atomic mass is 9.99.